The third-order valence-electron chi connectivity index (χ3n) is 0.605. The van der Waals surface area contributed by atoms with Crippen molar-refractivity contribution in [2.24, 2.45) is 0 Å². The maximum Gasteiger partial charge on any atom is -0.0623 e. The Bertz CT molecular complexity index is 100. The molecule has 0 atom stereocenters. The zero-order valence-electron chi connectivity index (χ0n) is 4.88. The molecular formula is C8H10. The SMILES string of the molecule is C=CC=C/C=C/C=C. The minimum Gasteiger partial charge on any atom is -0.0991 e. The van der Waals surface area contributed by atoms with Crippen LogP contribution >= 0.6 is 0 Å². The second kappa shape index (κ2) is 5.96. The normalized spacial score (nSPS) is 10.5. The number of hydrogen-bond donors (Lipinski definition) is 0. The third-order valence-corrected chi connectivity index (χ3v) is 0.605. The summed E-state index contributed by atoms with van der Waals surface area (Å²) in [6.45, 7) is 7.02. The highest BCUT2D eigenvalue weighted by Crippen LogP contribution is 1.76. The molecule has 0 fully saturated rings. The van der Waals surface area contributed by atoms with Crippen LogP contribution in [0, 0.1) is 0 Å². The van der Waals surface area contributed by atoms with E-state index in [1.807, 2.05) is 24.3 Å². The molecule has 0 radical (unpaired) electrons. The van der Waals surface area contributed by atoms with Crippen molar-refractivity contribution in [2.75, 3.05) is 0 Å². The molecule has 0 spiro atoms. The highest BCUT2D eigenvalue weighted by molar-refractivity contribution is 5.12. The molecule has 8 heavy (non-hydrogen) atoms. The first kappa shape index (κ1) is 6.96. The van der Waals surface area contributed by atoms with Crippen LogP contribution in [-0.2, 0) is 0 Å². The van der Waals surface area contributed by atoms with Crippen LogP contribution in [0.1, 0.15) is 0 Å². The van der Waals surface area contributed by atoms with Gasteiger partial charge in [-0.15, -0.1) is 0 Å². The monoisotopic (exact) mass is 106 g/mol. The minimum atomic E-state index is 1.73. The van der Waals surface area contributed by atoms with Crippen LogP contribution in [0.3, 0.4) is 0 Å². The maximum atomic E-state index is 3.51. The van der Waals surface area contributed by atoms with E-state index in [1.165, 1.54) is 0 Å². The highest BCUT2D eigenvalue weighted by atomic mass is 13.6. The molecule has 0 nitrogen and oxygen atoms in total. The number of hydrogen-bond acceptors (Lipinski definition) is 0. The van der Waals surface area contributed by atoms with Crippen LogP contribution in [0.25, 0.3) is 0 Å². The quantitative estimate of drug-likeness (QED) is 0.485. The lowest BCUT2D eigenvalue weighted by Gasteiger charge is -1.67. The first-order valence-electron chi connectivity index (χ1n) is 2.48. The van der Waals surface area contributed by atoms with E-state index in [-0.39, 0.29) is 0 Å². The van der Waals surface area contributed by atoms with Gasteiger partial charge < -0.3 is 0 Å². The Kier molecular flexibility index (Phi) is 5.19. The van der Waals surface area contributed by atoms with Crippen molar-refractivity contribution in [3.8, 4) is 0 Å². The van der Waals surface area contributed by atoms with Crippen molar-refractivity contribution in [3.63, 3.8) is 0 Å². The lowest BCUT2D eigenvalue weighted by molar-refractivity contribution is 1.91. The van der Waals surface area contributed by atoms with Crippen LogP contribution in [-0.4, -0.2) is 0 Å². The molecule has 0 aromatic heterocycles. The van der Waals surface area contributed by atoms with Gasteiger partial charge in [-0.1, -0.05) is 49.6 Å². The van der Waals surface area contributed by atoms with Gasteiger partial charge in [0.25, 0.3) is 0 Å². The van der Waals surface area contributed by atoms with Gasteiger partial charge in [-0.2, -0.15) is 0 Å². The van der Waals surface area contributed by atoms with E-state index >= 15 is 0 Å². The van der Waals surface area contributed by atoms with Crippen molar-refractivity contribution in [3.05, 3.63) is 49.6 Å². The molecular weight excluding hydrogens is 96.1 g/mol. The number of allylic oxidation sites excluding steroid dienone is 6. The molecule has 0 saturated heterocycles. The van der Waals surface area contributed by atoms with Gasteiger partial charge in [0, 0.05) is 0 Å². The van der Waals surface area contributed by atoms with E-state index in [0.29, 0.717) is 0 Å². The highest BCUT2D eigenvalue weighted by Gasteiger charge is 1.54. The summed E-state index contributed by atoms with van der Waals surface area (Å²) >= 11 is 0. The zero-order chi connectivity index (χ0) is 6.24. The van der Waals surface area contributed by atoms with Crippen LogP contribution < -0.4 is 0 Å². The summed E-state index contributed by atoms with van der Waals surface area (Å²) in [5.41, 5.74) is 0. The van der Waals surface area contributed by atoms with Crippen LogP contribution in [0.5, 0.6) is 0 Å². The molecule has 0 saturated carbocycles. The fourth-order valence-electron chi connectivity index (χ4n) is 0.285. The van der Waals surface area contributed by atoms with Crippen LogP contribution in [0.2, 0.25) is 0 Å². The molecule has 0 aliphatic carbocycles. The molecule has 0 aromatic carbocycles. The van der Waals surface area contributed by atoms with Gasteiger partial charge in [0.2, 0.25) is 0 Å². The van der Waals surface area contributed by atoms with Crippen LogP contribution in [0.4, 0.5) is 0 Å². The fraction of sp³-hybridized carbons (Fsp3) is 0. The molecule has 0 amide bonds. The topological polar surface area (TPSA) is 0 Å². The van der Waals surface area contributed by atoms with Crippen molar-refractivity contribution in [2.45, 2.75) is 0 Å². The summed E-state index contributed by atoms with van der Waals surface area (Å²) in [7, 11) is 0. The van der Waals surface area contributed by atoms with Crippen LogP contribution in [0.15, 0.2) is 49.6 Å². The zero-order valence-corrected chi connectivity index (χ0v) is 4.88. The minimum absolute atomic E-state index is 1.73. The van der Waals surface area contributed by atoms with Gasteiger partial charge in [0.1, 0.15) is 0 Å². The fourth-order valence-corrected chi connectivity index (χ4v) is 0.285. The van der Waals surface area contributed by atoms with Gasteiger partial charge in [-0.25, -0.2) is 0 Å². The molecule has 0 heterocycles. The molecule has 0 N–H and O–H groups in total. The van der Waals surface area contributed by atoms with Crippen molar-refractivity contribution < 1.29 is 0 Å². The predicted octanol–water partition coefficient (Wildman–Crippen LogP) is 2.47. The summed E-state index contributed by atoms with van der Waals surface area (Å²) in [6.07, 6.45) is 11.0. The smallest absolute Gasteiger partial charge is 0.0623 e. The van der Waals surface area contributed by atoms with Crippen molar-refractivity contribution in [1.82, 2.24) is 0 Å². The average Bonchev–Trinajstić information content (AvgIpc) is 1.81. The summed E-state index contributed by atoms with van der Waals surface area (Å²) in [5.74, 6) is 0. The third kappa shape index (κ3) is 4.96. The molecule has 0 aliphatic rings. The molecule has 0 bridgehead atoms. The summed E-state index contributed by atoms with van der Waals surface area (Å²) in [4.78, 5) is 0. The molecule has 42 valence electrons. The summed E-state index contributed by atoms with van der Waals surface area (Å²) in [6, 6.07) is 0. The Hall–Kier alpha value is -1.04. The van der Waals surface area contributed by atoms with E-state index in [9.17, 15) is 0 Å². The van der Waals surface area contributed by atoms with Crippen molar-refractivity contribution >= 4 is 0 Å². The van der Waals surface area contributed by atoms with Gasteiger partial charge in [-0.3, -0.25) is 0 Å². The summed E-state index contributed by atoms with van der Waals surface area (Å²) in [5, 5.41) is 0. The summed E-state index contributed by atoms with van der Waals surface area (Å²) < 4.78 is 0. The van der Waals surface area contributed by atoms with E-state index in [4.69, 9.17) is 0 Å². The number of rotatable bonds is 3. The largest absolute Gasteiger partial charge is 0.0991 e. The van der Waals surface area contributed by atoms with Crippen molar-refractivity contribution in [1.29, 1.82) is 0 Å². The standard InChI is InChI=1S/C8H10/c1-3-5-7-8-6-4-2/h3-8H,1-2H2/b7-5+,8-6?. The first-order valence-corrected chi connectivity index (χ1v) is 2.48. The Labute approximate surface area is 50.5 Å². The van der Waals surface area contributed by atoms with E-state index in [0.717, 1.165) is 0 Å². The molecule has 0 aliphatic heterocycles. The molecule has 0 heteroatoms. The average molecular weight is 106 g/mol. The molecule has 0 aromatic rings. The predicted molar refractivity (Wildman–Crippen MR) is 38.7 cm³/mol. The Balaban J connectivity index is 3.41. The second-order valence-corrected chi connectivity index (χ2v) is 1.24. The van der Waals surface area contributed by atoms with Gasteiger partial charge in [0.05, 0.1) is 0 Å². The lowest BCUT2D eigenvalue weighted by atomic mass is 10.4. The van der Waals surface area contributed by atoms with Gasteiger partial charge in [-0.05, 0) is 0 Å². The Morgan fingerprint density at radius 1 is 0.625 bits per heavy atom. The van der Waals surface area contributed by atoms with Gasteiger partial charge in [0.15, 0.2) is 0 Å². The second-order valence-electron chi connectivity index (χ2n) is 1.24. The first-order chi connectivity index (χ1) is 3.91. The maximum absolute atomic E-state index is 3.51. The van der Waals surface area contributed by atoms with Gasteiger partial charge >= 0.3 is 0 Å². The van der Waals surface area contributed by atoms with E-state index < -0.39 is 0 Å². The van der Waals surface area contributed by atoms with E-state index in [2.05, 4.69) is 13.2 Å². The lowest BCUT2D eigenvalue weighted by Crippen LogP contribution is -1.45. The Morgan fingerprint density at radius 2 is 1.00 bits per heavy atom. The Morgan fingerprint density at radius 3 is 1.25 bits per heavy atom. The molecule has 0 unspecified atom stereocenters. The van der Waals surface area contributed by atoms with E-state index in [1.54, 1.807) is 12.2 Å². The molecule has 0 rings (SSSR count).